The van der Waals surface area contributed by atoms with Gasteiger partial charge >= 0.3 is 7.12 Å². The molecule has 1 amide bonds. The molecular formula is C22H26BN5O3. The summed E-state index contributed by atoms with van der Waals surface area (Å²) in [5, 5.41) is 27.4. The topological polar surface area (TPSA) is 126 Å². The minimum absolute atomic E-state index is 0.0608. The Balaban J connectivity index is 1.66. The van der Waals surface area contributed by atoms with E-state index in [0.29, 0.717) is 17.3 Å². The van der Waals surface area contributed by atoms with Crippen LogP contribution < -0.4 is 15.7 Å². The second-order valence-corrected chi connectivity index (χ2v) is 9.17. The van der Waals surface area contributed by atoms with Crippen LogP contribution in [0, 0.1) is 22.7 Å². The summed E-state index contributed by atoms with van der Waals surface area (Å²) < 4.78 is 7.36. The van der Waals surface area contributed by atoms with Crippen LogP contribution in [0.1, 0.15) is 62.0 Å². The molecule has 0 radical (unpaired) electrons. The fourth-order valence-electron chi connectivity index (χ4n) is 4.23. The maximum Gasteiger partial charge on any atom is 0.556 e. The molecule has 2 aromatic rings. The van der Waals surface area contributed by atoms with Gasteiger partial charge in [0, 0.05) is 17.4 Å². The molecule has 1 saturated carbocycles. The normalized spacial score (nSPS) is 20.5. The zero-order valence-corrected chi connectivity index (χ0v) is 17.9. The summed E-state index contributed by atoms with van der Waals surface area (Å²) in [4.78, 5) is 12.0. The first-order valence-corrected chi connectivity index (χ1v) is 10.4. The van der Waals surface area contributed by atoms with Crippen molar-refractivity contribution in [2.24, 2.45) is 17.1 Å². The van der Waals surface area contributed by atoms with Gasteiger partial charge in [0.05, 0.1) is 18.0 Å². The highest BCUT2D eigenvalue weighted by Gasteiger charge is 2.35. The lowest BCUT2D eigenvalue weighted by Gasteiger charge is -2.29. The van der Waals surface area contributed by atoms with Gasteiger partial charge < -0.3 is 20.7 Å². The highest BCUT2D eigenvalue weighted by atomic mass is 16.5. The van der Waals surface area contributed by atoms with Crippen LogP contribution in [0.5, 0.6) is 5.75 Å². The number of primary amides is 1. The monoisotopic (exact) mass is 419 g/mol. The molecule has 1 aliphatic heterocycles. The van der Waals surface area contributed by atoms with E-state index in [9.17, 15) is 15.1 Å². The molecule has 0 spiro atoms. The molecular weight excluding hydrogens is 393 g/mol. The number of nitrogens with zero attached hydrogens (tertiary/aromatic N) is 3. The molecule has 1 aliphatic carbocycles. The summed E-state index contributed by atoms with van der Waals surface area (Å²) in [5.41, 5.74) is 7.92. The van der Waals surface area contributed by atoms with E-state index in [0.717, 1.165) is 30.3 Å². The van der Waals surface area contributed by atoms with Gasteiger partial charge in [0.25, 0.3) is 5.91 Å². The van der Waals surface area contributed by atoms with Crippen LogP contribution in [0.15, 0.2) is 29.9 Å². The predicted molar refractivity (Wildman–Crippen MR) is 118 cm³/mol. The first-order valence-electron chi connectivity index (χ1n) is 10.4. The van der Waals surface area contributed by atoms with Gasteiger partial charge in [-0.25, -0.2) is 0 Å². The summed E-state index contributed by atoms with van der Waals surface area (Å²) in [6.07, 6.45) is 6.18. The largest absolute Gasteiger partial charge is 0.556 e. The molecule has 2 atom stereocenters. The molecule has 4 N–H and O–H groups in total. The number of nitrogens with two attached hydrogens (primary N) is 1. The van der Waals surface area contributed by atoms with Crippen molar-refractivity contribution < 1.29 is 14.5 Å². The van der Waals surface area contributed by atoms with Gasteiger partial charge in [-0.2, -0.15) is 10.4 Å². The zero-order chi connectivity index (χ0) is 22.3. The highest BCUT2D eigenvalue weighted by molar-refractivity contribution is 6.55. The smallest absolute Gasteiger partial charge is 0.532 e. The molecule has 160 valence electrons. The van der Waals surface area contributed by atoms with E-state index in [1.54, 1.807) is 23.0 Å². The van der Waals surface area contributed by atoms with Crippen LogP contribution in [0.3, 0.4) is 0 Å². The molecule has 2 heterocycles. The summed E-state index contributed by atoms with van der Waals surface area (Å²) in [6.45, 7) is 6.05. The summed E-state index contributed by atoms with van der Waals surface area (Å²) in [7, 11) is -0.983. The molecule has 8 nitrogen and oxygen atoms in total. The van der Waals surface area contributed by atoms with Crippen LogP contribution in [0.2, 0.25) is 0 Å². The van der Waals surface area contributed by atoms with E-state index in [2.05, 4.69) is 16.5 Å². The number of rotatable bonds is 4. The number of aromatic nitrogens is 2. The molecule has 31 heavy (non-hydrogen) atoms. The lowest BCUT2D eigenvalue weighted by molar-refractivity contribution is 0.100. The number of fused-ring (bicyclic) bond motifs is 1. The zero-order valence-electron chi connectivity index (χ0n) is 17.9. The summed E-state index contributed by atoms with van der Waals surface area (Å²) in [5.74, 6) is 0.226. The van der Waals surface area contributed by atoms with Crippen LogP contribution in [0.4, 0.5) is 11.5 Å². The molecule has 1 aromatic heterocycles. The number of carbonyl (C=O) groups excluding carboxylic acids is 1. The summed E-state index contributed by atoms with van der Waals surface area (Å²) in [6, 6.07) is 7.71. The Hall–Kier alpha value is -3.25. The van der Waals surface area contributed by atoms with Gasteiger partial charge in [0.15, 0.2) is 5.82 Å². The van der Waals surface area contributed by atoms with Crippen molar-refractivity contribution in [3.05, 3.63) is 41.0 Å². The van der Waals surface area contributed by atoms with E-state index >= 15 is 0 Å². The molecule has 1 fully saturated rings. The average molecular weight is 419 g/mol. The second kappa shape index (κ2) is 7.78. The highest BCUT2D eigenvalue weighted by Crippen LogP contribution is 2.38. The molecule has 1 aromatic carbocycles. The Bertz CT molecular complexity index is 1100. The average Bonchev–Trinajstić information content (AvgIpc) is 3.33. The van der Waals surface area contributed by atoms with E-state index in [-0.39, 0.29) is 22.9 Å². The maximum atomic E-state index is 12.0. The van der Waals surface area contributed by atoms with Gasteiger partial charge in [-0.05, 0) is 48.3 Å². The van der Waals surface area contributed by atoms with Crippen molar-refractivity contribution in [2.75, 3.05) is 5.32 Å². The number of carbonyl (C=O) groups is 1. The fraction of sp³-hybridized carbons (Fsp3) is 0.409. The van der Waals surface area contributed by atoms with E-state index in [1.165, 1.54) is 0 Å². The van der Waals surface area contributed by atoms with Crippen molar-refractivity contribution in [3.8, 4) is 11.8 Å². The number of allylic oxidation sites excluding steroid dienone is 1. The van der Waals surface area contributed by atoms with Crippen molar-refractivity contribution in [1.29, 1.82) is 5.26 Å². The Labute approximate surface area is 181 Å². The molecule has 9 heteroatoms. The first-order chi connectivity index (χ1) is 14.7. The molecule has 0 unspecified atom stereocenters. The number of benzene rings is 1. The number of nitrogens with one attached hydrogen (secondary N) is 1. The van der Waals surface area contributed by atoms with Crippen LogP contribution >= 0.6 is 0 Å². The lowest BCUT2D eigenvalue weighted by atomic mass is 9.63. The Morgan fingerprint density at radius 2 is 2.19 bits per heavy atom. The quantitative estimate of drug-likeness (QED) is 0.652. The standard InChI is InChI=1S/C22H26BN5O3/c1-22(2,3)19-10-14-9-15(7-8-18(14)31-23(19)30)26-21-16(20(25)29)12-28(27-21)17-6-4-5-13(17)11-24/h7-10,12-13,17,30H,4-6H2,1-3H3,(H2,25,29)(H,26,27)/t13-,17+/m1/s1. The second-order valence-electron chi connectivity index (χ2n) is 9.17. The molecule has 0 saturated heterocycles. The van der Waals surface area contributed by atoms with Crippen LogP contribution in [-0.4, -0.2) is 27.8 Å². The Kier molecular flexibility index (Phi) is 5.27. The van der Waals surface area contributed by atoms with Gasteiger partial charge in [0.2, 0.25) is 0 Å². The summed E-state index contributed by atoms with van der Waals surface area (Å²) >= 11 is 0. The first kappa shape index (κ1) is 21.0. The Morgan fingerprint density at radius 3 is 2.87 bits per heavy atom. The third-order valence-electron chi connectivity index (χ3n) is 5.94. The number of nitriles is 1. The fourth-order valence-corrected chi connectivity index (χ4v) is 4.23. The van der Waals surface area contributed by atoms with Crippen molar-refractivity contribution in [3.63, 3.8) is 0 Å². The van der Waals surface area contributed by atoms with Gasteiger partial charge in [0.1, 0.15) is 11.3 Å². The van der Waals surface area contributed by atoms with Gasteiger partial charge in [-0.1, -0.05) is 26.8 Å². The van der Waals surface area contributed by atoms with E-state index in [4.69, 9.17) is 10.4 Å². The minimum atomic E-state index is -0.983. The van der Waals surface area contributed by atoms with E-state index in [1.807, 2.05) is 32.9 Å². The lowest BCUT2D eigenvalue weighted by Crippen LogP contribution is -2.34. The molecule has 0 bridgehead atoms. The van der Waals surface area contributed by atoms with Gasteiger partial charge in [-0.3, -0.25) is 9.48 Å². The number of amides is 1. The van der Waals surface area contributed by atoms with E-state index < -0.39 is 13.0 Å². The Morgan fingerprint density at radius 1 is 1.42 bits per heavy atom. The number of hydrogen-bond acceptors (Lipinski definition) is 6. The third-order valence-corrected chi connectivity index (χ3v) is 5.94. The number of hydrogen-bond donors (Lipinski definition) is 3. The van der Waals surface area contributed by atoms with Crippen LogP contribution in [0.25, 0.3) is 6.08 Å². The van der Waals surface area contributed by atoms with Crippen molar-refractivity contribution >= 4 is 30.6 Å². The SMILES string of the molecule is CC(C)(C)C1=Cc2cc(Nc3nn([C@H]4CCC[C@@H]4C#N)cc3C(N)=O)ccc2OB1O. The minimum Gasteiger partial charge on any atom is -0.532 e. The number of anilines is 2. The maximum absolute atomic E-state index is 12.0. The molecule has 4 rings (SSSR count). The van der Waals surface area contributed by atoms with Crippen LogP contribution in [-0.2, 0) is 0 Å². The third kappa shape index (κ3) is 4.03. The van der Waals surface area contributed by atoms with Crippen molar-refractivity contribution in [2.45, 2.75) is 46.1 Å². The predicted octanol–water partition coefficient (Wildman–Crippen LogP) is 3.43. The van der Waals surface area contributed by atoms with Crippen molar-refractivity contribution in [1.82, 2.24) is 9.78 Å². The molecule has 2 aliphatic rings. The van der Waals surface area contributed by atoms with Gasteiger partial charge in [-0.15, -0.1) is 0 Å².